The molecule has 30 heavy (non-hydrogen) atoms. The molecule has 0 saturated carbocycles. The Kier molecular flexibility index (Phi) is 5.85. The van der Waals surface area contributed by atoms with Gasteiger partial charge in [-0.05, 0) is 48.9 Å². The Labute approximate surface area is 177 Å². The lowest BCUT2D eigenvalue weighted by atomic mass is 10.2. The van der Waals surface area contributed by atoms with Crippen LogP contribution >= 0.6 is 11.8 Å². The summed E-state index contributed by atoms with van der Waals surface area (Å²) in [5.74, 6) is -0.0811. The van der Waals surface area contributed by atoms with Crippen molar-refractivity contribution in [3.8, 4) is 17.1 Å². The maximum absolute atomic E-state index is 13.8. The molecular weight excluding hydrogens is 401 g/mol. The maximum Gasteiger partial charge on any atom is 0.234 e. The lowest BCUT2D eigenvalue weighted by molar-refractivity contribution is -0.113. The Morgan fingerprint density at radius 1 is 1.07 bits per heavy atom. The van der Waals surface area contributed by atoms with Crippen LogP contribution in [0.1, 0.15) is 5.56 Å². The van der Waals surface area contributed by atoms with E-state index in [0.717, 1.165) is 16.8 Å². The first-order valence-electron chi connectivity index (χ1n) is 9.22. The summed E-state index contributed by atoms with van der Waals surface area (Å²) in [6.07, 6.45) is 3.39. The molecule has 0 radical (unpaired) electrons. The Morgan fingerprint density at radius 2 is 1.87 bits per heavy atom. The van der Waals surface area contributed by atoms with E-state index in [2.05, 4.69) is 20.5 Å². The highest BCUT2D eigenvalue weighted by molar-refractivity contribution is 7.99. The van der Waals surface area contributed by atoms with Crippen LogP contribution in [0.3, 0.4) is 0 Å². The second-order valence-electron chi connectivity index (χ2n) is 6.53. The van der Waals surface area contributed by atoms with Crippen molar-refractivity contribution in [2.45, 2.75) is 12.1 Å². The molecule has 150 valence electrons. The molecule has 0 aliphatic heterocycles. The van der Waals surface area contributed by atoms with Crippen LogP contribution in [-0.4, -0.2) is 31.4 Å². The molecule has 0 fully saturated rings. The smallest absolute Gasteiger partial charge is 0.234 e. The first-order chi connectivity index (χ1) is 14.6. The summed E-state index contributed by atoms with van der Waals surface area (Å²) < 4.78 is 15.7. The number of pyridine rings is 1. The van der Waals surface area contributed by atoms with E-state index in [1.807, 2.05) is 47.9 Å². The van der Waals surface area contributed by atoms with Gasteiger partial charge in [-0.1, -0.05) is 36.0 Å². The number of carbonyl (C=O) groups excluding carboxylic acids is 1. The van der Waals surface area contributed by atoms with Crippen molar-refractivity contribution in [1.29, 1.82) is 0 Å². The van der Waals surface area contributed by atoms with Crippen LogP contribution in [0, 0.1) is 12.7 Å². The minimum absolute atomic E-state index is 0.0641. The van der Waals surface area contributed by atoms with Gasteiger partial charge in [0.2, 0.25) is 5.91 Å². The number of carbonyl (C=O) groups is 1. The molecular formula is C22H18FN5OS. The monoisotopic (exact) mass is 419 g/mol. The molecule has 1 amide bonds. The molecule has 0 aliphatic rings. The molecule has 6 nitrogen and oxygen atoms in total. The average Bonchev–Trinajstić information content (AvgIpc) is 3.18. The lowest BCUT2D eigenvalue weighted by Gasteiger charge is -2.11. The van der Waals surface area contributed by atoms with E-state index in [1.54, 1.807) is 24.5 Å². The van der Waals surface area contributed by atoms with Gasteiger partial charge >= 0.3 is 0 Å². The summed E-state index contributed by atoms with van der Waals surface area (Å²) in [4.78, 5) is 16.4. The number of aromatic nitrogens is 4. The van der Waals surface area contributed by atoms with Crippen molar-refractivity contribution in [2.24, 2.45) is 0 Å². The van der Waals surface area contributed by atoms with Gasteiger partial charge in [0.1, 0.15) is 5.82 Å². The van der Waals surface area contributed by atoms with Crippen LogP contribution in [0.15, 0.2) is 78.2 Å². The van der Waals surface area contributed by atoms with E-state index >= 15 is 0 Å². The SMILES string of the molecule is Cc1cccc(-n2c(SCC(=O)Nc3ccccc3F)nnc2-c2ccncc2)c1. The van der Waals surface area contributed by atoms with Gasteiger partial charge in [0.15, 0.2) is 11.0 Å². The van der Waals surface area contributed by atoms with Crippen LogP contribution in [-0.2, 0) is 4.79 Å². The van der Waals surface area contributed by atoms with Crippen LogP contribution in [0.2, 0.25) is 0 Å². The van der Waals surface area contributed by atoms with Crippen molar-refractivity contribution in [3.05, 3.63) is 84.4 Å². The summed E-state index contributed by atoms with van der Waals surface area (Å²) in [5, 5.41) is 11.8. The topological polar surface area (TPSA) is 72.7 Å². The van der Waals surface area contributed by atoms with E-state index < -0.39 is 5.82 Å². The normalized spacial score (nSPS) is 10.7. The zero-order valence-corrected chi connectivity index (χ0v) is 16.9. The van der Waals surface area contributed by atoms with Crippen LogP contribution < -0.4 is 5.32 Å². The van der Waals surface area contributed by atoms with E-state index in [0.29, 0.717) is 11.0 Å². The summed E-state index contributed by atoms with van der Waals surface area (Å²) in [5.41, 5.74) is 3.00. The number of rotatable bonds is 6. The molecule has 2 aromatic heterocycles. The highest BCUT2D eigenvalue weighted by Crippen LogP contribution is 2.28. The quantitative estimate of drug-likeness (QED) is 0.466. The summed E-state index contributed by atoms with van der Waals surface area (Å²) in [6, 6.07) is 17.7. The van der Waals surface area contributed by atoms with Gasteiger partial charge in [-0.15, -0.1) is 10.2 Å². The van der Waals surface area contributed by atoms with Gasteiger partial charge in [0.05, 0.1) is 11.4 Å². The van der Waals surface area contributed by atoms with Gasteiger partial charge in [0.25, 0.3) is 0 Å². The first-order valence-corrected chi connectivity index (χ1v) is 10.2. The molecule has 4 aromatic rings. The third-order valence-electron chi connectivity index (χ3n) is 4.31. The standard InChI is InChI=1S/C22H18FN5OS/c1-15-5-4-6-17(13-15)28-21(16-9-11-24-12-10-16)26-27-22(28)30-14-20(29)25-19-8-3-2-7-18(19)23/h2-13H,14H2,1H3,(H,25,29). The molecule has 0 bridgehead atoms. The average molecular weight is 419 g/mol. The molecule has 0 spiro atoms. The Morgan fingerprint density at radius 3 is 2.63 bits per heavy atom. The molecule has 8 heteroatoms. The predicted molar refractivity (Wildman–Crippen MR) is 115 cm³/mol. The maximum atomic E-state index is 13.8. The molecule has 0 atom stereocenters. The minimum atomic E-state index is -0.473. The zero-order valence-electron chi connectivity index (χ0n) is 16.1. The van der Waals surface area contributed by atoms with E-state index in [-0.39, 0.29) is 17.3 Å². The Balaban J connectivity index is 1.61. The van der Waals surface area contributed by atoms with Gasteiger partial charge in [0, 0.05) is 23.6 Å². The fourth-order valence-corrected chi connectivity index (χ4v) is 3.68. The fraction of sp³-hybridized carbons (Fsp3) is 0.0909. The zero-order chi connectivity index (χ0) is 20.9. The minimum Gasteiger partial charge on any atom is -0.323 e. The number of nitrogens with one attached hydrogen (secondary N) is 1. The second kappa shape index (κ2) is 8.87. The second-order valence-corrected chi connectivity index (χ2v) is 7.48. The Hall–Kier alpha value is -3.52. The molecule has 0 saturated heterocycles. The highest BCUT2D eigenvalue weighted by Gasteiger charge is 2.17. The molecule has 2 aromatic carbocycles. The van der Waals surface area contributed by atoms with Crippen molar-refractivity contribution >= 4 is 23.4 Å². The van der Waals surface area contributed by atoms with Crippen LogP contribution in [0.5, 0.6) is 0 Å². The number of benzene rings is 2. The number of nitrogens with zero attached hydrogens (tertiary/aromatic N) is 4. The third-order valence-corrected chi connectivity index (χ3v) is 5.24. The summed E-state index contributed by atoms with van der Waals surface area (Å²) >= 11 is 1.24. The lowest BCUT2D eigenvalue weighted by Crippen LogP contribution is -2.15. The number of hydrogen-bond donors (Lipinski definition) is 1. The Bertz CT molecular complexity index is 1180. The summed E-state index contributed by atoms with van der Waals surface area (Å²) in [7, 11) is 0. The number of aryl methyl sites for hydroxylation is 1. The molecule has 0 aliphatic carbocycles. The number of thioether (sulfide) groups is 1. The van der Waals surface area contributed by atoms with Gasteiger partial charge in [-0.25, -0.2) is 4.39 Å². The number of amides is 1. The number of para-hydroxylation sites is 1. The highest BCUT2D eigenvalue weighted by atomic mass is 32.2. The van der Waals surface area contributed by atoms with Crippen molar-refractivity contribution in [1.82, 2.24) is 19.7 Å². The number of halogens is 1. The van der Waals surface area contributed by atoms with Gasteiger partial charge in [-0.2, -0.15) is 0 Å². The van der Waals surface area contributed by atoms with E-state index in [1.165, 1.54) is 23.9 Å². The first kappa shape index (κ1) is 19.8. The molecule has 1 N–H and O–H groups in total. The summed E-state index contributed by atoms with van der Waals surface area (Å²) in [6.45, 7) is 2.01. The van der Waals surface area contributed by atoms with Crippen molar-refractivity contribution in [3.63, 3.8) is 0 Å². The molecule has 4 rings (SSSR count). The number of anilines is 1. The number of hydrogen-bond acceptors (Lipinski definition) is 5. The van der Waals surface area contributed by atoms with E-state index in [9.17, 15) is 9.18 Å². The van der Waals surface area contributed by atoms with Crippen molar-refractivity contribution < 1.29 is 9.18 Å². The van der Waals surface area contributed by atoms with Gasteiger partial charge < -0.3 is 5.32 Å². The fourth-order valence-electron chi connectivity index (χ4n) is 2.93. The van der Waals surface area contributed by atoms with Crippen LogP contribution in [0.4, 0.5) is 10.1 Å². The molecule has 2 heterocycles. The third kappa shape index (κ3) is 4.38. The van der Waals surface area contributed by atoms with Crippen LogP contribution in [0.25, 0.3) is 17.1 Å². The largest absolute Gasteiger partial charge is 0.323 e. The predicted octanol–water partition coefficient (Wildman–Crippen LogP) is 4.51. The van der Waals surface area contributed by atoms with Gasteiger partial charge in [-0.3, -0.25) is 14.3 Å². The molecule has 0 unspecified atom stereocenters. The van der Waals surface area contributed by atoms with Crippen molar-refractivity contribution in [2.75, 3.05) is 11.1 Å². The van der Waals surface area contributed by atoms with E-state index in [4.69, 9.17) is 0 Å².